The van der Waals surface area contributed by atoms with Crippen molar-refractivity contribution < 1.29 is 9.18 Å². The van der Waals surface area contributed by atoms with Gasteiger partial charge in [0, 0.05) is 6.54 Å². The third kappa shape index (κ3) is 7.53. The lowest BCUT2D eigenvalue weighted by molar-refractivity contribution is -0.118. The Bertz CT molecular complexity index is 215. The molecule has 0 atom stereocenters. The molecule has 1 amide bonds. The predicted octanol–water partition coefficient (Wildman–Crippen LogP) is 2.97. The van der Waals surface area contributed by atoms with E-state index in [4.69, 9.17) is 0 Å². The molecule has 14 heavy (non-hydrogen) atoms. The lowest BCUT2D eigenvalue weighted by Gasteiger charge is -2.00. The molecule has 2 nitrogen and oxygen atoms in total. The number of hydrogen-bond acceptors (Lipinski definition) is 1. The van der Waals surface area contributed by atoms with E-state index in [1.807, 2.05) is 20.8 Å². The molecule has 82 valence electrons. The summed E-state index contributed by atoms with van der Waals surface area (Å²) < 4.78 is 12.8. The predicted molar refractivity (Wildman–Crippen MR) is 58.7 cm³/mol. The first-order valence-electron chi connectivity index (χ1n) is 4.82. The van der Waals surface area contributed by atoms with Gasteiger partial charge in [-0.2, -0.15) is 0 Å². The van der Waals surface area contributed by atoms with Gasteiger partial charge in [-0.05, 0) is 26.3 Å². The van der Waals surface area contributed by atoms with E-state index >= 15 is 0 Å². The van der Waals surface area contributed by atoms with Crippen molar-refractivity contribution in [1.82, 2.24) is 5.32 Å². The van der Waals surface area contributed by atoms with E-state index < -0.39 is 11.7 Å². The molecular weight excluding hydrogens is 181 g/mol. The second-order valence-electron chi connectivity index (χ2n) is 2.59. The van der Waals surface area contributed by atoms with E-state index in [9.17, 15) is 9.18 Å². The highest BCUT2D eigenvalue weighted by atomic mass is 19.1. The molecular formula is C11H20FNO. The second kappa shape index (κ2) is 9.96. The minimum Gasteiger partial charge on any atom is -0.347 e. The van der Waals surface area contributed by atoms with Crippen LogP contribution < -0.4 is 5.32 Å². The van der Waals surface area contributed by atoms with Crippen molar-refractivity contribution >= 4 is 5.91 Å². The summed E-state index contributed by atoms with van der Waals surface area (Å²) in [4.78, 5) is 10.9. The molecule has 0 aromatic heterocycles. The molecule has 0 bridgehead atoms. The van der Waals surface area contributed by atoms with Crippen molar-refractivity contribution in [1.29, 1.82) is 0 Å². The van der Waals surface area contributed by atoms with Crippen molar-refractivity contribution in [2.45, 2.75) is 34.6 Å². The van der Waals surface area contributed by atoms with E-state index in [0.717, 1.165) is 0 Å². The fourth-order valence-electron chi connectivity index (χ4n) is 0.574. The van der Waals surface area contributed by atoms with Crippen molar-refractivity contribution in [3.63, 3.8) is 0 Å². The second-order valence-corrected chi connectivity index (χ2v) is 2.59. The minimum atomic E-state index is -0.695. The lowest BCUT2D eigenvalue weighted by atomic mass is 10.3. The maximum atomic E-state index is 12.8. The smallest absolute Gasteiger partial charge is 0.280 e. The van der Waals surface area contributed by atoms with Crippen LogP contribution in [0.4, 0.5) is 4.39 Å². The van der Waals surface area contributed by atoms with Crippen molar-refractivity contribution in [2.24, 2.45) is 0 Å². The van der Waals surface area contributed by atoms with Crippen LogP contribution in [-0.4, -0.2) is 12.5 Å². The van der Waals surface area contributed by atoms with Gasteiger partial charge in [0.05, 0.1) is 0 Å². The van der Waals surface area contributed by atoms with Gasteiger partial charge in [-0.25, -0.2) is 4.39 Å². The molecule has 0 saturated heterocycles. The molecule has 0 rings (SSSR count). The van der Waals surface area contributed by atoms with Crippen LogP contribution in [0, 0.1) is 0 Å². The summed E-state index contributed by atoms with van der Waals surface area (Å²) in [7, 11) is 0. The topological polar surface area (TPSA) is 29.1 Å². The molecule has 0 saturated carbocycles. The van der Waals surface area contributed by atoms with Gasteiger partial charge >= 0.3 is 0 Å². The van der Waals surface area contributed by atoms with Crippen LogP contribution in [0.25, 0.3) is 0 Å². The van der Waals surface area contributed by atoms with Gasteiger partial charge in [-0.15, -0.1) is 0 Å². The average molecular weight is 201 g/mol. The number of amides is 1. The van der Waals surface area contributed by atoms with Gasteiger partial charge in [0.2, 0.25) is 0 Å². The summed E-state index contributed by atoms with van der Waals surface area (Å²) in [5.74, 6) is -1.34. The largest absolute Gasteiger partial charge is 0.347 e. The molecule has 0 unspecified atom stereocenters. The number of nitrogens with one attached hydrogen (secondary N) is 1. The Hall–Kier alpha value is -1.12. The first kappa shape index (κ1) is 15.4. The van der Waals surface area contributed by atoms with Gasteiger partial charge in [-0.1, -0.05) is 26.0 Å². The van der Waals surface area contributed by atoms with E-state index in [1.165, 1.54) is 0 Å². The molecule has 0 aliphatic carbocycles. The van der Waals surface area contributed by atoms with Crippen LogP contribution in [0.1, 0.15) is 34.6 Å². The van der Waals surface area contributed by atoms with Gasteiger partial charge in [0.25, 0.3) is 5.91 Å². The van der Waals surface area contributed by atoms with Crippen LogP contribution in [0.15, 0.2) is 23.6 Å². The fraction of sp³-hybridized carbons (Fsp3) is 0.545. The zero-order chi connectivity index (χ0) is 11.6. The Morgan fingerprint density at radius 3 is 2.21 bits per heavy atom. The molecule has 0 aromatic carbocycles. The average Bonchev–Trinajstić information content (AvgIpc) is 2.19. The highest BCUT2D eigenvalue weighted by Gasteiger charge is 2.07. The number of halogens is 1. The van der Waals surface area contributed by atoms with Gasteiger partial charge in [-0.3, -0.25) is 4.79 Å². The maximum Gasteiger partial charge on any atom is 0.280 e. The third-order valence-corrected chi connectivity index (χ3v) is 1.25. The van der Waals surface area contributed by atoms with Gasteiger partial charge in [0.15, 0.2) is 5.83 Å². The van der Waals surface area contributed by atoms with Crippen LogP contribution in [0.2, 0.25) is 0 Å². The summed E-state index contributed by atoms with van der Waals surface area (Å²) in [5.41, 5.74) is 0.396. The number of carbonyl (C=O) groups is 1. The first-order chi connectivity index (χ1) is 6.59. The van der Waals surface area contributed by atoms with Crippen LogP contribution >= 0.6 is 0 Å². The number of rotatable bonds is 3. The zero-order valence-corrected chi connectivity index (χ0v) is 9.65. The maximum absolute atomic E-state index is 12.8. The number of carbonyl (C=O) groups excluding carboxylic acids is 1. The molecule has 0 fully saturated rings. The molecule has 0 heterocycles. The Kier molecular flexibility index (Phi) is 10.9. The number of allylic oxidation sites excluding steroid dienone is 2. The Labute approximate surface area is 85.9 Å². The monoisotopic (exact) mass is 201 g/mol. The van der Waals surface area contributed by atoms with Gasteiger partial charge in [0.1, 0.15) is 0 Å². The van der Waals surface area contributed by atoms with Crippen LogP contribution in [0.5, 0.6) is 0 Å². The molecule has 0 aromatic rings. The fourth-order valence-corrected chi connectivity index (χ4v) is 0.574. The quantitative estimate of drug-likeness (QED) is 0.552. The third-order valence-electron chi connectivity index (χ3n) is 1.25. The van der Waals surface area contributed by atoms with E-state index in [-0.39, 0.29) is 0 Å². The summed E-state index contributed by atoms with van der Waals surface area (Å²) in [6, 6.07) is 0. The Balaban J connectivity index is 0. The van der Waals surface area contributed by atoms with Crippen molar-refractivity contribution in [3.05, 3.63) is 23.6 Å². The zero-order valence-electron chi connectivity index (χ0n) is 9.65. The van der Waals surface area contributed by atoms with Crippen LogP contribution in [-0.2, 0) is 4.79 Å². The Morgan fingerprint density at radius 1 is 1.36 bits per heavy atom. The Morgan fingerprint density at radius 2 is 1.86 bits per heavy atom. The summed E-state index contributed by atoms with van der Waals surface area (Å²) in [6.07, 6.45) is 3.54. The van der Waals surface area contributed by atoms with Crippen molar-refractivity contribution in [3.8, 4) is 0 Å². The summed E-state index contributed by atoms with van der Waals surface area (Å²) >= 11 is 0. The number of hydrogen-bond donors (Lipinski definition) is 1. The standard InChI is InChI=1S/C9H14FNO.C2H6/c1-4-5-6-11-9(12)8(10)7(2)3;1-2/h4-5H,6H2,1-3H3,(H,11,12);1-2H3/b5-4+;. The molecule has 0 spiro atoms. The SMILES string of the molecule is C/C=C/CNC(=O)C(F)=C(C)C.CC. The van der Waals surface area contributed by atoms with E-state index in [2.05, 4.69) is 5.32 Å². The summed E-state index contributed by atoms with van der Waals surface area (Å²) in [6.45, 7) is 9.33. The molecule has 3 heteroatoms. The van der Waals surface area contributed by atoms with Gasteiger partial charge < -0.3 is 5.32 Å². The minimum absolute atomic E-state index is 0.371. The van der Waals surface area contributed by atoms with Crippen molar-refractivity contribution in [2.75, 3.05) is 6.54 Å². The highest BCUT2D eigenvalue weighted by Crippen LogP contribution is 2.03. The summed E-state index contributed by atoms with van der Waals surface area (Å²) in [5, 5.41) is 2.41. The molecule has 0 radical (unpaired) electrons. The van der Waals surface area contributed by atoms with E-state index in [0.29, 0.717) is 12.1 Å². The van der Waals surface area contributed by atoms with E-state index in [1.54, 1.807) is 26.0 Å². The molecule has 1 N–H and O–H groups in total. The highest BCUT2D eigenvalue weighted by molar-refractivity contribution is 5.91. The lowest BCUT2D eigenvalue weighted by Crippen LogP contribution is -2.24. The molecule has 0 aliphatic rings. The normalized spacial score (nSPS) is 9.00. The van der Waals surface area contributed by atoms with Crippen LogP contribution in [0.3, 0.4) is 0 Å². The molecule has 0 aliphatic heterocycles. The first-order valence-corrected chi connectivity index (χ1v) is 4.82.